The van der Waals surface area contributed by atoms with E-state index in [0.29, 0.717) is 36.4 Å². The molecule has 0 amide bonds. The van der Waals surface area contributed by atoms with Gasteiger partial charge in [-0.15, -0.1) is 0 Å². The molecule has 0 saturated carbocycles. The van der Waals surface area contributed by atoms with Gasteiger partial charge in [-0.25, -0.2) is 4.68 Å². The molecule has 2 aromatic carbocycles. The van der Waals surface area contributed by atoms with Crippen molar-refractivity contribution in [3.63, 3.8) is 0 Å². The molecule has 33 heavy (non-hydrogen) atoms. The second-order valence-electron chi connectivity index (χ2n) is 8.32. The molecule has 3 aromatic rings. The number of morpholine rings is 1. The predicted molar refractivity (Wildman–Crippen MR) is 121 cm³/mol. The van der Waals surface area contributed by atoms with Crippen LogP contribution in [0.5, 0.6) is 0 Å². The fraction of sp³-hybridized carbons (Fsp3) is 0.417. The lowest BCUT2D eigenvalue weighted by atomic mass is 9.97. The first-order valence-corrected chi connectivity index (χ1v) is 10.9. The van der Waals surface area contributed by atoms with E-state index in [0.717, 1.165) is 30.2 Å². The Morgan fingerprint density at radius 3 is 2.58 bits per heavy atom. The van der Waals surface area contributed by atoms with Gasteiger partial charge in [-0.05, 0) is 49.2 Å². The summed E-state index contributed by atoms with van der Waals surface area (Å²) in [5, 5.41) is 9.04. The van der Waals surface area contributed by atoms with Gasteiger partial charge in [0.25, 0.3) is 5.56 Å². The van der Waals surface area contributed by atoms with Gasteiger partial charge in [-0.3, -0.25) is 4.79 Å². The highest BCUT2D eigenvalue weighted by molar-refractivity contribution is 5.87. The zero-order valence-corrected chi connectivity index (χ0v) is 18.9. The minimum Gasteiger partial charge on any atom is -0.378 e. The number of rotatable bonds is 5. The summed E-state index contributed by atoms with van der Waals surface area (Å²) in [7, 11) is 1.60. The summed E-state index contributed by atoms with van der Waals surface area (Å²) in [5.41, 5.74) is 1.62. The minimum atomic E-state index is -4.40. The number of ether oxygens (including phenoxy) is 1. The first-order valence-electron chi connectivity index (χ1n) is 10.9. The van der Waals surface area contributed by atoms with Crippen molar-refractivity contribution in [2.24, 2.45) is 7.05 Å². The maximum atomic E-state index is 13.3. The summed E-state index contributed by atoms with van der Waals surface area (Å²) in [6.45, 7) is 6.45. The van der Waals surface area contributed by atoms with Crippen molar-refractivity contribution in [3.05, 3.63) is 69.1 Å². The zero-order valence-electron chi connectivity index (χ0n) is 18.9. The van der Waals surface area contributed by atoms with Gasteiger partial charge in [0, 0.05) is 43.8 Å². The topological polar surface area (TPSA) is 59.4 Å². The van der Waals surface area contributed by atoms with E-state index in [2.05, 4.69) is 15.3 Å². The fourth-order valence-electron chi connectivity index (χ4n) is 4.35. The second-order valence-corrected chi connectivity index (χ2v) is 8.32. The van der Waals surface area contributed by atoms with E-state index in [1.54, 1.807) is 13.1 Å². The highest BCUT2D eigenvalue weighted by Crippen LogP contribution is 2.34. The van der Waals surface area contributed by atoms with Gasteiger partial charge in [-0.2, -0.15) is 18.3 Å². The van der Waals surface area contributed by atoms with E-state index in [-0.39, 0.29) is 17.2 Å². The summed E-state index contributed by atoms with van der Waals surface area (Å²) < 4.78 is 46.7. The molecule has 0 aliphatic carbocycles. The van der Waals surface area contributed by atoms with Crippen LogP contribution in [-0.2, 0) is 24.5 Å². The number of halogens is 3. The van der Waals surface area contributed by atoms with E-state index in [4.69, 9.17) is 4.74 Å². The van der Waals surface area contributed by atoms with Crippen LogP contribution in [0.4, 0.5) is 18.9 Å². The summed E-state index contributed by atoms with van der Waals surface area (Å²) in [6, 6.07) is 9.59. The Morgan fingerprint density at radius 1 is 1.15 bits per heavy atom. The first kappa shape index (κ1) is 23.3. The van der Waals surface area contributed by atoms with Crippen LogP contribution in [-0.4, -0.2) is 36.1 Å². The molecule has 176 valence electrons. The molecule has 0 spiro atoms. The Morgan fingerprint density at radius 2 is 1.88 bits per heavy atom. The van der Waals surface area contributed by atoms with E-state index in [9.17, 15) is 18.0 Å². The number of hydrogen-bond donors (Lipinski definition) is 1. The van der Waals surface area contributed by atoms with Gasteiger partial charge in [-0.1, -0.05) is 12.1 Å². The lowest BCUT2D eigenvalue weighted by Gasteiger charge is -2.29. The van der Waals surface area contributed by atoms with Crippen molar-refractivity contribution >= 4 is 16.5 Å². The number of anilines is 1. The fourth-order valence-corrected chi connectivity index (χ4v) is 4.35. The number of nitrogens with one attached hydrogen (secondary N) is 1. The first-order chi connectivity index (χ1) is 15.7. The SMILES string of the molecule is Cc1c([C@@H](C)NCc2nn(C)c(=O)c3ccc(N4CCOCC4)cc23)cccc1C(F)(F)F. The van der Waals surface area contributed by atoms with Crippen LogP contribution < -0.4 is 15.8 Å². The van der Waals surface area contributed by atoms with Crippen LogP contribution in [0.1, 0.15) is 35.3 Å². The summed E-state index contributed by atoms with van der Waals surface area (Å²) in [4.78, 5) is 14.8. The van der Waals surface area contributed by atoms with Crippen LogP contribution in [0.2, 0.25) is 0 Å². The number of alkyl halides is 3. The van der Waals surface area contributed by atoms with Gasteiger partial charge in [0.1, 0.15) is 0 Å². The maximum Gasteiger partial charge on any atom is 0.416 e. The smallest absolute Gasteiger partial charge is 0.378 e. The number of nitrogens with zero attached hydrogens (tertiary/aromatic N) is 3. The van der Waals surface area contributed by atoms with Gasteiger partial charge in [0.2, 0.25) is 0 Å². The number of hydrogen-bond acceptors (Lipinski definition) is 5. The van der Waals surface area contributed by atoms with E-state index in [1.807, 2.05) is 25.1 Å². The zero-order chi connectivity index (χ0) is 23.8. The molecular formula is C24H27F3N4O2. The third kappa shape index (κ3) is 4.74. The number of aryl methyl sites for hydroxylation is 1. The van der Waals surface area contributed by atoms with Gasteiger partial charge in [0.15, 0.2) is 0 Å². The molecule has 4 rings (SSSR count). The van der Waals surface area contributed by atoms with E-state index >= 15 is 0 Å². The van der Waals surface area contributed by atoms with Gasteiger partial charge in [0.05, 0.1) is 29.9 Å². The van der Waals surface area contributed by atoms with Crippen molar-refractivity contribution in [1.82, 2.24) is 15.1 Å². The molecule has 0 radical (unpaired) electrons. The Bertz CT molecular complexity index is 1220. The predicted octanol–water partition coefficient (Wildman–Crippen LogP) is 3.95. The quantitative estimate of drug-likeness (QED) is 0.625. The molecule has 1 atom stereocenters. The summed E-state index contributed by atoms with van der Waals surface area (Å²) >= 11 is 0. The molecule has 9 heteroatoms. The molecule has 6 nitrogen and oxygen atoms in total. The Labute approximate surface area is 190 Å². The summed E-state index contributed by atoms with van der Waals surface area (Å²) in [5.74, 6) is 0. The highest BCUT2D eigenvalue weighted by Gasteiger charge is 2.33. The van der Waals surface area contributed by atoms with Crippen LogP contribution in [0.3, 0.4) is 0 Å². The van der Waals surface area contributed by atoms with Crippen LogP contribution in [0, 0.1) is 6.92 Å². The third-order valence-electron chi connectivity index (χ3n) is 6.21. The van der Waals surface area contributed by atoms with Crippen LogP contribution >= 0.6 is 0 Å². The average Bonchev–Trinajstić information content (AvgIpc) is 2.80. The average molecular weight is 461 g/mol. The Hall–Kier alpha value is -2.91. The molecule has 0 unspecified atom stereocenters. The van der Waals surface area contributed by atoms with Gasteiger partial charge < -0.3 is 15.0 Å². The maximum absolute atomic E-state index is 13.3. The molecule has 1 aliphatic heterocycles. The standard InChI is InChI=1S/C24H27F3N4O2/c1-15-18(5-4-6-21(15)24(25,26)27)16(2)28-14-22-20-13-17(31-9-11-33-12-10-31)7-8-19(20)23(32)30(3)29-22/h4-8,13,16,28H,9-12,14H2,1-3H3/t16-/m1/s1. The van der Waals surface area contributed by atoms with Crippen molar-refractivity contribution in [2.75, 3.05) is 31.2 Å². The lowest BCUT2D eigenvalue weighted by molar-refractivity contribution is -0.138. The van der Waals surface area contributed by atoms with Crippen molar-refractivity contribution in [2.45, 2.75) is 32.6 Å². The second kappa shape index (κ2) is 9.15. The van der Waals surface area contributed by atoms with Crippen molar-refractivity contribution < 1.29 is 17.9 Å². The molecule has 1 fully saturated rings. The van der Waals surface area contributed by atoms with Crippen molar-refractivity contribution in [3.8, 4) is 0 Å². The minimum absolute atomic E-state index is 0.191. The molecule has 1 saturated heterocycles. The van der Waals surface area contributed by atoms with Crippen LogP contribution in [0.15, 0.2) is 41.2 Å². The largest absolute Gasteiger partial charge is 0.416 e. The molecule has 1 aromatic heterocycles. The number of fused-ring (bicyclic) bond motifs is 1. The lowest BCUT2D eigenvalue weighted by Crippen LogP contribution is -2.36. The van der Waals surface area contributed by atoms with Crippen molar-refractivity contribution in [1.29, 1.82) is 0 Å². The molecule has 1 N–H and O–H groups in total. The normalized spacial score (nSPS) is 15.8. The van der Waals surface area contributed by atoms with E-state index in [1.165, 1.54) is 17.7 Å². The number of benzene rings is 2. The Kier molecular flexibility index (Phi) is 6.45. The summed E-state index contributed by atoms with van der Waals surface area (Å²) in [6.07, 6.45) is -4.40. The Balaban J connectivity index is 1.64. The van der Waals surface area contributed by atoms with Gasteiger partial charge >= 0.3 is 6.18 Å². The molecule has 2 heterocycles. The molecule has 0 bridgehead atoms. The monoisotopic (exact) mass is 460 g/mol. The third-order valence-corrected chi connectivity index (χ3v) is 6.21. The highest BCUT2D eigenvalue weighted by atomic mass is 19.4. The number of aromatic nitrogens is 2. The van der Waals surface area contributed by atoms with E-state index < -0.39 is 11.7 Å². The van der Waals surface area contributed by atoms with Crippen LogP contribution in [0.25, 0.3) is 10.8 Å². The molecule has 1 aliphatic rings. The molecular weight excluding hydrogens is 433 g/mol.